The fourth-order valence-corrected chi connectivity index (χ4v) is 5.72. The molecule has 3 unspecified atom stereocenters. The number of esters is 4. The lowest BCUT2D eigenvalue weighted by Gasteiger charge is -2.44. The third kappa shape index (κ3) is 10.8. The van der Waals surface area contributed by atoms with Crippen molar-refractivity contribution in [1.82, 2.24) is 0 Å². The first-order valence-electron chi connectivity index (χ1n) is 10.4. The minimum atomic E-state index is -1.02. The van der Waals surface area contributed by atoms with E-state index in [9.17, 15) is 19.2 Å². The average Bonchev–Trinajstić information content (AvgIpc) is 2.62. The van der Waals surface area contributed by atoms with Gasteiger partial charge in [0.05, 0.1) is 11.9 Å². The van der Waals surface area contributed by atoms with Crippen LogP contribution >= 0.6 is 21.6 Å². The van der Waals surface area contributed by atoms with E-state index in [-0.39, 0.29) is 17.3 Å². The Morgan fingerprint density at radius 1 is 0.844 bits per heavy atom. The van der Waals surface area contributed by atoms with Crippen molar-refractivity contribution in [2.24, 2.45) is 11.3 Å². The van der Waals surface area contributed by atoms with Crippen molar-refractivity contribution in [2.75, 3.05) is 6.61 Å². The molecule has 0 radical (unpaired) electrons. The monoisotopic (exact) mass is 490 g/mol. The predicted octanol–water partition coefficient (Wildman–Crippen LogP) is 4.06. The molecule has 32 heavy (non-hydrogen) atoms. The summed E-state index contributed by atoms with van der Waals surface area (Å²) in [6.07, 6.45) is 0.625. The summed E-state index contributed by atoms with van der Waals surface area (Å²) in [5.74, 6) is -2.62. The van der Waals surface area contributed by atoms with Crippen LogP contribution in [0, 0.1) is 11.3 Å². The molecule has 0 spiro atoms. The normalized spacial score (nSPS) is 25.8. The van der Waals surface area contributed by atoms with E-state index in [1.165, 1.54) is 49.3 Å². The highest BCUT2D eigenvalue weighted by atomic mass is 33.1. The fraction of sp³-hybridized carbons (Fsp3) is 0.727. The molecule has 1 fully saturated rings. The van der Waals surface area contributed by atoms with E-state index in [0.29, 0.717) is 6.42 Å². The summed E-state index contributed by atoms with van der Waals surface area (Å²) in [7, 11) is 2.95. The summed E-state index contributed by atoms with van der Waals surface area (Å²) in [5.41, 5.74) is 0.166. The van der Waals surface area contributed by atoms with E-state index >= 15 is 0 Å². The van der Waals surface area contributed by atoms with Crippen molar-refractivity contribution in [1.29, 1.82) is 0 Å². The molecule has 0 bridgehead atoms. The van der Waals surface area contributed by atoms with E-state index < -0.39 is 48.1 Å². The Morgan fingerprint density at radius 2 is 1.38 bits per heavy atom. The van der Waals surface area contributed by atoms with Crippen molar-refractivity contribution < 1.29 is 38.1 Å². The molecule has 1 aliphatic rings. The summed E-state index contributed by atoms with van der Waals surface area (Å²) >= 11 is 0. The molecule has 1 saturated carbocycles. The zero-order valence-electron chi connectivity index (χ0n) is 19.7. The zero-order chi connectivity index (χ0) is 24.5. The Morgan fingerprint density at radius 3 is 1.88 bits per heavy atom. The molecular formula is C22H34O8S2. The topological polar surface area (TPSA) is 105 Å². The van der Waals surface area contributed by atoms with Gasteiger partial charge >= 0.3 is 23.9 Å². The first-order chi connectivity index (χ1) is 14.8. The predicted molar refractivity (Wildman–Crippen MR) is 124 cm³/mol. The van der Waals surface area contributed by atoms with Crippen LogP contribution in [0.3, 0.4) is 0 Å². The van der Waals surface area contributed by atoms with Crippen molar-refractivity contribution in [3.05, 3.63) is 11.5 Å². The van der Waals surface area contributed by atoms with Gasteiger partial charge in [0, 0.05) is 33.6 Å². The van der Waals surface area contributed by atoms with E-state index in [0.717, 1.165) is 6.42 Å². The molecule has 1 rings (SSSR count). The Hall–Kier alpha value is -1.68. The van der Waals surface area contributed by atoms with Crippen molar-refractivity contribution >= 4 is 45.5 Å². The van der Waals surface area contributed by atoms with Crippen LogP contribution < -0.4 is 0 Å². The van der Waals surface area contributed by atoms with Gasteiger partial charge in [-0.2, -0.15) is 0 Å². The fourth-order valence-electron chi connectivity index (χ4n) is 3.27. The molecule has 1 aliphatic carbocycles. The van der Waals surface area contributed by atoms with Gasteiger partial charge in [-0.3, -0.25) is 19.2 Å². The Bertz CT molecular complexity index is 701. The highest BCUT2D eigenvalue weighted by Gasteiger charge is 2.51. The number of hydrogen-bond acceptors (Lipinski definition) is 10. The maximum Gasteiger partial charge on any atom is 0.303 e. The standard InChI is InChI=1S/C22H34O8S2/c1-13(23)27-12-17-11-18(32-31-10-8-9-22(5,6)7)20(29-15(3)25)21(30-16(4)26)19(17)28-14(2)24/h8,10,17-21H,9,11-12H2,1-7H3/b10-8-/t17?,18-,19-,20?,21?/m1/s1. The SMILES string of the molecule is CC(=O)OCC1C[C@@H](SS/C=C\CC(C)(C)C)C(OC(C)=O)C(OC(C)=O)[C@@H]1OC(C)=O. The maximum atomic E-state index is 11.8. The number of allylic oxidation sites excluding steroid dienone is 1. The van der Waals surface area contributed by atoms with Crippen molar-refractivity contribution in [3.8, 4) is 0 Å². The molecule has 10 heteroatoms. The molecular weight excluding hydrogens is 456 g/mol. The maximum absolute atomic E-state index is 11.8. The van der Waals surface area contributed by atoms with Gasteiger partial charge in [0.25, 0.3) is 0 Å². The van der Waals surface area contributed by atoms with Crippen LogP contribution in [0.1, 0.15) is 61.3 Å². The van der Waals surface area contributed by atoms with Gasteiger partial charge < -0.3 is 18.9 Å². The number of hydrogen-bond donors (Lipinski definition) is 0. The Kier molecular flexibility index (Phi) is 11.6. The van der Waals surface area contributed by atoms with Gasteiger partial charge in [0.15, 0.2) is 12.2 Å². The second-order valence-corrected chi connectivity index (χ2v) is 11.3. The van der Waals surface area contributed by atoms with Crippen LogP contribution in [-0.2, 0) is 38.1 Å². The largest absolute Gasteiger partial charge is 0.465 e. The van der Waals surface area contributed by atoms with Gasteiger partial charge in [0.2, 0.25) is 0 Å². The van der Waals surface area contributed by atoms with Crippen LogP contribution in [0.25, 0.3) is 0 Å². The lowest BCUT2D eigenvalue weighted by molar-refractivity contribution is -0.198. The van der Waals surface area contributed by atoms with Gasteiger partial charge in [-0.15, -0.1) is 0 Å². The van der Waals surface area contributed by atoms with Crippen LogP contribution in [0.5, 0.6) is 0 Å². The molecule has 182 valence electrons. The quantitative estimate of drug-likeness (QED) is 0.267. The van der Waals surface area contributed by atoms with E-state index in [2.05, 4.69) is 26.8 Å². The molecule has 8 nitrogen and oxygen atoms in total. The van der Waals surface area contributed by atoms with Crippen LogP contribution in [0.4, 0.5) is 0 Å². The molecule has 0 amide bonds. The van der Waals surface area contributed by atoms with E-state index in [4.69, 9.17) is 18.9 Å². The lowest BCUT2D eigenvalue weighted by Crippen LogP contribution is -2.57. The lowest BCUT2D eigenvalue weighted by atomic mass is 9.82. The van der Waals surface area contributed by atoms with Gasteiger partial charge in [-0.05, 0) is 23.7 Å². The summed E-state index contributed by atoms with van der Waals surface area (Å²) in [6, 6.07) is 0. The second kappa shape index (κ2) is 13.1. The highest BCUT2D eigenvalue weighted by molar-refractivity contribution is 8.78. The molecule has 0 aromatic heterocycles. The van der Waals surface area contributed by atoms with E-state index in [1.807, 2.05) is 5.41 Å². The first kappa shape index (κ1) is 28.4. The molecule has 0 aromatic rings. The number of rotatable bonds is 9. The Labute approximate surface area is 197 Å². The zero-order valence-corrected chi connectivity index (χ0v) is 21.4. The molecule has 0 saturated heterocycles. The molecule has 0 aliphatic heterocycles. The van der Waals surface area contributed by atoms with Gasteiger partial charge in [0.1, 0.15) is 6.10 Å². The van der Waals surface area contributed by atoms with E-state index in [1.54, 1.807) is 0 Å². The number of carbonyl (C=O) groups excluding carboxylic acids is 4. The first-order valence-corrected chi connectivity index (χ1v) is 12.7. The minimum Gasteiger partial charge on any atom is -0.465 e. The number of carbonyl (C=O) groups is 4. The number of ether oxygens (including phenoxy) is 4. The third-order valence-corrected chi connectivity index (χ3v) is 7.01. The van der Waals surface area contributed by atoms with Crippen LogP contribution in [0.15, 0.2) is 11.5 Å². The van der Waals surface area contributed by atoms with Gasteiger partial charge in [-0.1, -0.05) is 48.4 Å². The average molecular weight is 491 g/mol. The molecule has 0 aromatic carbocycles. The summed E-state index contributed by atoms with van der Waals surface area (Å²) in [4.78, 5) is 46.8. The van der Waals surface area contributed by atoms with Gasteiger partial charge in [-0.25, -0.2) is 0 Å². The highest BCUT2D eigenvalue weighted by Crippen LogP contribution is 2.43. The van der Waals surface area contributed by atoms with Crippen LogP contribution in [0.2, 0.25) is 0 Å². The Balaban J connectivity index is 3.16. The summed E-state index contributed by atoms with van der Waals surface area (Å²) in [5, 5.41) is 1.68. The third-order valence-electron chi connectivity index (χ3n) is 4.48. The molecule has 5 atom stereocenters. The smallest absolute Gasteiger partial charge is 0.303 e. The summed E-state index contributed by atoms with van der Waals surface area (Å²) in [6.45, 7) is 11.5. The molecule has 0 heterocycles. The molecule has 0 N–H and O–H groups in total. The van der Waals surface area contributed by atoms with Crippen molar-refractivity contribution in [3.63, 3.8) is 0 Å². The summed E-state index contributed by atoms with van der Waals surface area (Å²) < 4.78 is 21.7. The minimum absolute atomic E-state index is 0.0145. The van der Waals surface area contributed by atoms with Crippen molar-refractivity contribution in [2.45, 2.75) is 84.9 Å². The van der Waals surface area contributed by atoms with Crippen LogP contribution in [-0.4, -0.2) is 54.0 Å². The second-order valence-electron chi connectivity index (χ2n) is 8.89.